The number of carbonyl (C=O) groups is 4. The van der Waals surface area contributed by atoms with Crippen LogP contribution >= 0.6 is 11.6 Å². The number of ether oxygens (including phenoxy) is 1. The molecule has 0 aliphatic heterocycles. The van der Waals surface area contributed by atoms with Crippen molar-refractivity contribution < 1.29 is 29.0 Å². The minimum atomic E-state index is -0.905. The molecule has 1 aromatic rings. The Morgan fingerprint density at radius 2 is 1.60 bits per heavy atom. The Morgan fingerprint density at radius 3 is 2.22 bits per heavy atom. The van der Waals surface area contributed by atoms with Crippen molar-refractivity contribution in [2.45, 2.75) is 152 Å². The summed E-state index contributed by atoms with van der Waals surface area (Å²) in [5.74, 6) is 0.103. The van der Waals surface area contributed by atoms with E-state index < -0.39 is 16.8 Å². The van der Waals surface area contributed by atoms with E-state index in [1.54, 1.807) is 0 Å². The maximum Gasteiger partial charge on any atom is 0.306 e. The molecule has 1 N–H and O–H groups in total. The Labute approximate surface area is 355 Å². The third-order valence-corrected chi connectivity index (χ3v) is 16.0. The van der Waals surface area contributed by atoms with Crippen molar-refractivity contribution >= 4 is 35.1 Å². The fourth-order valence-corrected chi connectivity index (χ4v) is 12.5. The minimum absolute atomic E-state index is 0.0549. The molecule has 324 valence electrons. The molecule has 7 atom stereocenters. The highest BCUT2D eigenvalue weighted by molar-refractivity contribution is 6.30. The topological polar surface area (TPSA) is 104 Å². The molecule has 4 aliphatic rings. The second-order valence-electron chi connectivity index (χ2n) is 21.6. The van der Waals surface area contributed by atoms with Crippen LogP contribution in [0.4, 0.5) is 0 Å². The van der Waals surface area contributed by atoms with Crippen molar-refractivity contribution in [1.82, 2.24) is 9.80 Å². The summed E-state index contributed by atoms with van der Waals surface area (Å²) in [4.78, 5) is 58.6. The van der Waals surface area contributed by atoms with Crippen LogP contribution in [0.25, 0.3) is 0 Å². The lowest BCUT2D eigenvalue weighted by Gasteiger charge is -2.57. The maximum atomic E-state index is 15.2. The number of aliphatic carboxylic acids is 1. The van der Waals surface area contributed by atoms with Crippen molar-refractivity contribution in [3.8, 4) is 0 Å². The summed E-state index contributed by atoms with van der Waals surface area (Å²) in [6.07, 6.45) is 8.56. The number of rotatable bonds is 14. The molecule has 0 radical (unpaired) electrons. The number of ketones is 2. The van der Waals surface area contributed by atoms with Gasteiger partial charge in [-0.3, -0.25) is 24.1 Å². The third-order valence-electron chi connectivity index (χ3n) is 15.8. The number of fused-ring (bicyclic) bond motifs is 4. The summed E-state index contributed by atoms with van der Waals surface area (Å²) in [5.41, 5.74) is 1.57. The number of carboxylic acids is 1. The van der Waals surface area contributed by atoms with Gasteiger partial charge in [0.15, 0.2) is 11.6 Å². The maximum absolute atomic E-state index is 15.2. The van der Waals surface area contributed by atoms with Gasteiger partial charge in [-0.25, -0.2) is 0 Å². The van der Waals surface area contributed by atoms with E-state index in [0.717, 1.165) is 75.6 Å². The molecule has 58 heavy (non-hydrogen) atoms. The van der Waals surface area contributed by atoms with Crippen LogP contribution in [0.1, 0.15) is 145 Å². The zero-order valence-corrected chi connectivity index (χ0v) is 38.5. The van der Waals surface area contributed by atoms with E-state index >= 15 is 4.79 Å². The smallest absolute Gasteiger partial charge is 0.306 e. The number of allylic oxidation sites excluding steroid dienone is 2. The first kappa shape index (κ1) is 46.5. The predicted octanol–water partition coefficient (Wildman–Crippen LogP) is 10.4. The standard InChI is InChI=1S/C49H75ClN2O6/c1-32(2)43-37(53)27-49(39(54)31-52(26-25-51(10)11)30-34-15-17-35(50)18-16-34)24-23-48(9)33(3)14-19-38-46(6,7)40(58-42(57)29-45(4,5)28-41(55)56)20-22-47(38,8)21-12-13-36(48)44(43)49/h15-18,32-33,36,38,40H,12-14,19-31H2,1-11H3,(H,55,56). The van der Waals surface area contributed by atoms with Crippen LogP contribution < -0.4 is 0 Å². The van der Waals surface area contributed by atoms with Gasteiger partial charge >= 0.3 is 11.9 Å². The molecule has 0 heterocycles. The van der Waals surface area contributed by atoms with Gasteiger partial charge in [0.2, 0.25) is 0 Å². The minimum Gasteiger partial charge on any atom is -0.481 e. The number of carbonyl (C=O) groups excluding carboxylic acids is 3. The van der Waals surface area contributed by atoms with Crippen molar-refractivity contribution in [1.29, 1.82) is 0 Å². The highest BCUT2D eigenvalue weighted by Crippen LogP contribution is 2.65. The van der Waals surface area contributed by atoms with Gasteiger partial charge in [-0.2, -0.15) is 0 Å². The molecule has 0 spiro atoms. The summed E-state index contributed by atoms with van der Waals surface area (Å²) in [7, 11) is 4.13. The number of benzene rings is 1. The van der Waals surface area contributed by atoms with E-state index in [1.807, 2.05) is 38.1 Å². The van der Waals surface area contributed by atoms with Crippen LogP contribution in [-0.2, 0) is 30.5 Å². The molecular weight excluding hydrogens is 748 g/mol. The monoisotopic (exact) mass is 823 g/mol. The summed E-state index contributed by atoms with van der Waals surface area (Å²) in [6, 6.07) is 7.90. The SMILES string of the molecule is CC(C)C1=C2C3CCCC4(C)CCC(OC(=O)CC(C)(C)CC(=O)O)C(C)(C)C4CCC(C)C3(C)CCC2(C(=O)CN(CCN(C)C)Cc2ccc(Cl)cc2)CC1=O. The predicted molar refractivity (Wildman–Crippen MR) is 232 cm³/mol. The van der Waals surface area contributed by atoms with Crippen LogP contribution in [0, 0.1) is 50.7 Å². The number of likely N-dealkylation sites (N-methyl/N-ethyl adjacent to an activating group) is 1. The number of carboxylic acid groups (broad SMARTS) is 1. The molecule has 0 bridgehead atoms. The van der Waals surface area contributed by atoms with Crippen molar-refractivity contribution in [3.63, 3.8) is 0 Å². The summed E-state index contributed by atoms with van der Waals surface area (Å²) >= 11 is 6.23. The van der Waals surface area contributed by atoms with Gasteiger partial charge in [0, 0.05) is 36.5 Å². The molecule has 1 aromatic carbocycles. The Kier molecular flexibility index (Phi) is 14.3. The van der Waals surface area contributed by atoms with E-state index in [-0.39, 0.29) is 64.6 Å². The third kappa shape index (κ3) is 9.81. The molecule has 4 aliphatic carbocycles. The Morgan fingerprint density at radius 1 is 0.931 bits per heavy atom. The van der Waals surface area contributed by atoms with Gasteiger partial charge < -0.3 is 14.7 Å². The Bertz CT molecular complexity index is 1720. The fourth-order valence-electron chi connectivity index (χ4n) is 12.3. The van der Waals surface area contributed by atoms with Gasteiger partial charge in [0.25, 0.3) is 0 Å². The van der Waals surface area contributed by atoms with Crippen molar-refractivity contribution in [2.75, 3.05) is 33.7 Å². The molecule has 0 saturated heterocycles. The highest BCUT2D eigenvalue weighted by atomic mass is 35.5. The number of halogens is 1. The zero-order chi connectivity index (χ0) is 43.0. The summed E-state index contributed by atoms with van der Waals surface area (Å²) in [6.45, 7) is 22.4. The average molecular weight is 824 g/mol. The van der Waals surface area contributed by atoms with E-state index in [9.17, 15) is 19.5 Å². The van der Waals surface area contributed by atoms with Crippen LogP contribution in [0.15, 0.2) is 35.4 Å². The van der Waals surface area contributed by atoms with E-state index in [2.05, 4.69) is 72.4 Å². The largest absolute Gasteiger partial charge is 0.481 e. The molecule has 3 saturated carbocycles. The molecule has 0 amide bonds. The zero-order valence-electron chi connectivity index (χ0n) is 37.8. The lowest BCUT2D eigenvalue weighted by molar-refractivity contribution is -0.174. The van der Waals surface area contributed by atoms with Crippen LogP contribution in [0.5, 0.6) is 0 Å². The number of hydrogen-bond donors (Lipinski definition) is 1. The second kappa shape index (κ2) is 17.8. The Balaban J connectivity index is 1.42. The number of esters is 1. The quantitative estimate of drug-likeness (QED) is 0.185. The average Bonchev–Trinajstić information content (AvgIpc) is 3.42. The van der Waals surface area contributed by atoms with Gasteiger partial charge in [-0.05, 0) is 134 Å². The van der Waals surface area contributed by atoms with Gasteiger partial charge in [-0.15, -0.1) is 0 Å². The fraction of sp³-hybridized carbons (Fsp3) is 0.755. The first-order valence-corrected chi connectivity index (χ1v) is 22.7. The lowest BCUT2D eigenvalue weighted by atomic mass is 9.47. The van der Waals surface area contributed by atoms with Crippen LogP contribution in [0.2, 0.25) is 5.02 Å². The van der Waals surface area contributed by atoms with E-state index in [1.165, 1.54) is 5.57 Å². The molecule has 9 heteroatoms. The molecular formula is C49H75ClN2O6. The second-order valence-corrected chi connectivity index (χ2v) is 22.0. The normalized spacial score (nSPS) is 31.5. The van der Waals surface area contributed by atoms with E-state index in [4.69, 9.17) is 16.3 Å². The lowest BCUT2D eigenvalue weighted by Crippen LogP contribution is -2.53. The highest BCUT2D eigenvalue weighted by Gasteiger charge is 2.61. The van der Waals surface area contributed by atoms with Crippen LogP contribution in [-0.4, -0.2) is 78.2 Å². The molecule has 0 aromatic heterocycles. The summed E-state index contributed by atoms with van der Waals surface area (Å²) in [5, 5.41) is 10.1. The number of hydrogen-bond acceptors (Lipinski definition) is 7. The van der Waals surface area contributed by atoms with Gasteiger partial charge in [0.05, 0.1) is 24.8 Å². The first-order valence-electron chi connectivity index (χ1n) is 22.3. The first-order chi connectivity index (χ1) is 26.9. The van der Waals surface area contributed by atoms with Gasteiger partial charge in [0.1, 0.15) is 6.10 Å². The van der Waals surface area contributed by atoms with Crippen molar-refractivity contribution in [3.05, 3.63) is 46.0 Å². The van der Waals surface area contributed by atoms with E-state index in [0.29, 0.717) is 42.8 Å². The van der Waals surface area contributed by atoms with Crippen LogP contribution in [0.3, 0.4) is 0 Å². The Hall–Kier alpha value is -2.55. The molecule has 3 fully saturated rings. The number of Topliss-reactive ketones (excluding diaryl/α,β-unsaturated/α-hetero) is 2. The molecule has 7 unspecified atom stereocenters. The molecule has 8 nitrogen and oxygen atoms in total. The number of nitrogens with zero attached hydrogens (tertiary/aromatic N) is 2. The summed E-state index contributed by atoms with van der Waals surface area (Å²) < 4.78 is 6.28. The van der Waals surface area contributed by atoms with Crippen molar-refractivity contribution in [2.24, 2.45) is 50.7 Å². The van der Waals surface area contributed by atoms with Gasteiger partial charge in [-0.1, -0.05) is 92.5 Å². The molecule has 5 rings (SSSR count).